The number of H-pyrrole nitrogens is 1. The Morgan fingerprint density at radius 3 is 2.51 bits per heavy atom. The van der Waals surface area contributed by atoms with Gasteiger partial charge >= 0.3 is 11.9 Å². The van der Waals surface area contributed by atoms with E-state index in [1.807, 2.05) is 97.4 Å². The quantitative estimate of drug-likeness (QED) is 0.0557. The van der Waals surface area contributed by atoms with Gasteiger partial charge in [-0.1, -0.05) is 60.7 Å². The van der Waals surface area contributed by atoms with Crippen molar-refractivity contribution in [3.8, 4) is 5.75 Å². The SMILES string of the molecule is C/C(=C/C(C)=C/c1csc([C@H](Cc2ccc(OCc3ccccc3)cc2)NC(=O)CCCc2c[nH]c3ccccc23)n1)C(=O)OCC(=O)O. The Morgan fingerprint density at radius 2 is 1.73 bits per heavy atom. The highest BCUT2D eigenvalue weighted by atomic mass is 32.1. The van der Waals surface area contributed by atoms with E-state index in [2.05, 4.69) is 16.4 Å². The second-order valence-electron chi connectivity index (χ2n) is 11.8. The zero-order chi connectivity index (χ0) is 34.6. The molecule has 3 aromatic carbocycles. The number of nitrogens with zero attached hydrogens (tertiary/aromatic N) is 1. The summed E-state index contributed by atoms with van der Waals surface area (Å²) in [5, 5.41) is 15.8. The highest BCUT2D eigenvalue weighted by Crippen LogP contribution is 2.26. The first kappa shape index (κ1) is 34.8. The Hall–Kier alpha value is -5.48. The summed E-state index contributed by atoms with van der Waals surface area (Å²) in [6.07, 6.45) is 7.87. The van der Waals surface area contributed by atoms with Crippen LogP contribution in [0.1, 0.15) is 60.1 Å². The van der Waals surface area contributed by atoms with Crippen LogP contribution in [0.25, 0.3) is 17.0 Å². The van der Waals surface area contributed by atoms with Crippen molar-refractivity contribution < 1.29 is 29.0 Å². The average molecular weight is 678 g/mol. The molecule has 1 amide bonds. The number of rotatable bonds is 16. The number of para-hydroxylation sites is 1. The molecule has 5 rings (SSSR count). The molecular formula is C39H39N3O6S. The minimum Gasteiger partial charge on any atom is -0.489 e. The summed E-state index contributed by atoms with van der Waals surface area (Å²) in [7, 11) is 0. The molecule has 0 aliphatic heterocycles. The van der Waals surface area contributed by atoms with E-state index in [1.54, 1.807) is 13.0 Å². The van der Waals surface area contributed by atoms with Gasteiger partial charge in [-0.3, -0.25) is 4.79 Å². The number of esters is 1. The monoisotopic (exact) mass is 677 g/mol. The number of amides is 1. The third kappa shape index (κ3) is 10.5. The molecule has 252 valence electrons. The average Bonchev–Trinajstić information content (AvgIpc) is 3.74. The predicted molar refractivity (Wildman–Crippen MR) is 191 cm³/mol. The lowest BCUT2D eigenvalue weighted by molar-refractivity contribution is -0.152. The summed E-state index contributed by atoms with van der Waals surface area (Å²) in [6.45, 7) is 3.17. The van der Waals surface area contributed by atoms with Crippen molar-refractivity contribution in [1.29, 1.82) is 0 Å². The molecule has 0 fully saturated rings. The lowest BCUT2D eigenvalue weighted by atomic mass is 10.0. The number of hydrogen-bond donors (Lipinski definition) is 3. The van der Waals surface area contributed by atoms with Crippen LogP contribution in [0.2, 0.25) is 0 Å². The van der Waals surface area contributed by atoms with Crippen molar-refractivity contribution in [2.24, 2.45) is 0 Å². The first-order chi connectivity index (χ1) is 23.7. The number of aliphatic carboxylic acids is 1. The molecular weight excluding hydrogens is 639 g/mol. The molecule has 0 aliphatic rings. The van der Waals surface area contributed by atoms with E-state index >= 15 is 0 Å². The topological polar surface area (TPSA) is 131 Å². The Balaban J connectivity index is 1.26. The molecule has 0 aliphatic carbocycles. The van der Waals surface area contributed by atoms with Crippen LogP contribution in [0, 0.1) is 0 Å². The van der Waals surface area contributed by atoms with Gasteiger partial charge in [-0.05, 0) is 85.7 Å². The largest absolute Gasteiger partial charge is 0.489 e. The standard InChI is InChI=1S/C39H39N3O6S/c1-26(19-27(2)39(46)48-24-37(44)45)20-31-25-49-38(41-31)35(21-28-15-17-32(18-16-28)47-23-29-9-4-3-5-10-29)42-36(43)14-8-11-30-22-40-34-13-7-6-12-33(30)34/h3-7,9-10,12-13,15-20,22,25,35,40H,8,11,14,21,23-24H2,1-2H3,(H,42,43)(H,44,45)/b26-20+,27-19-/t35-/m0/s1. The highest BCUT2D eigenvalue weighted by molar-refractivity contribution is 7.09. The second-order valence-corrected chi connectivity index (χ2v) is 12.6. The first-order valence-electron chi connectivity index (χ1n) is 16.0. The normalized spacial score (nSPS) is 12.4. The zero-order valence-electron chi connectivity index (χ0n) is 27.5. The summed E-state index contributed by atoms with van der Waals surface area (Å²) >= 11 is 1.45. The van der Waals surface area contributed by atoms with E-state index in [0.717, 1.165) is 39.4 Å². The summed E-state index contributed by atoms with van der Waals surface area (Å²) in [5.41, 5.74) is 6.10. The van der Waals surface area contributed by atoms with E-state index in [4.69, 9.17) is 19.6 Å². The lowest BCUT2D eigenvalue weighted by Crippen LogP contribution is -2.29. The number of ether oxygens (including phenoxy) is 2. The number of nitrogens with one attached hydrogen (secondary N) is 2. The number of thiazole rings is 1. The number of carbonyl (C=O) groups is 3. The van der Waals surface area contributed by atoms with Gasteiger partial charge in [0.2, 0.25) is 5.91 Å². The third-order valence-corrected chi connectivity index (χ3v) is 8.75. The van der Waals surface area contributed by atoms with Gasteiger partial charge in [-0.25, -0.2) is 14.6 Å². The van der Waals surface area contributed by atoms with Crippen molar-refractivity contribution >= 4 is 46.2 Å². The van der Waals surface area contributed by atoms with Crippen LogP contribution in [0.4, 0.5) is 0 Å². The summed E-state index contributed by atoms with van der Waals surface area (Å²) < 4.78 is 10.7. The fourth-order valence-electron chi connectivity index (χ4n) is 5.39. The number of benzene rings is 3. The van der Waals surface area contributed by atoms with Gasteiger partial charge in [0.1, 0.15) is 17.4 Å². The van der Waals surface area contributed by atoms with E-state index < -0.39 is 18.5 Å². The molecule has 1 atom stereocenters. The maximum Gasteiger partial charge on any atom is 0.341 e. The number of aryl methyl sites for hydroxylation is 1. The van der Waals surface area contributed by atoms with Crippen molar-refractivity contribution in [3.63, 3.8) is 0 Å². The Bertz CT molecular complexity index is 1940. The zero-order valence-corrected chi connectivity index (χ0v) is 28.3. The molecule has 0 saturated heterocycles. The smallest absolute Gasteiger partial charge is 0.341 e. The number of allylic oxidation sites excluding steroid dienone is 2. The van der Waals surface area contributed by atoms with Crippen LogP contribution in [0.3, 0.4) is 0 Å². The van der Waals surface area contributed by atoms with Crippen LogP contribution in [0.15, 0.2) is 108 Å². The van der Waals surface area contributed by atoms with E-state index in [-0.39, 0.29) is 17.5 Å². The van der Waals surface area contributed by atoms with Crippen LogP contribution in [-0.2, 0) is 38.6 Å². The fraction of sp³-hybridized carbons (Fsp3) is 0.231. The molecule has 0 saturated carbocycles. The van der Waals surface area contributed by atoms with Gasteiger partial charge in [-0.15, -0.1) is 11.3 Å². The molecule has 9 nitrogen and oxygen atoms in total. The van der Waals surface area contributed by atoms with Crippen molar-refractivity contribution in [1.82, 2.24) is 15.3 Å². The van der Waals surface area contributed by atoms with Gasteiger partial charge < -0.3 is 24.9 Å². The molecule has 5 aromatic rings. The first-order valence-corrected chi connectivity index (χ1v) is 16.9. The number of aromatic nitrogens is 2. The van der Waals surface area contributed by atoms with Gasteiger partial charge in [0.05, 0.1) is 11.7 Å². The van der Waals surface area contributed by atoms with Gasteiger partial charge in [-0.2, -0.15) is 0 Å². The number of carbonyl (C=O) groups excluding carboxylic acids is 2. The number of hydrogen-bond acceptors (Lipinski definition) is 7. The molecule has 0 bridgehead atoms. The van der Waals surface area contributed by atoms with Crippen LogP contribution < -0.4 is 10.1 Å². The van der Waals surface area contributed by atoms with Gasteiger partial charge in [0, 0.05) is 34.5 Å². The molecule has 3 N–H and O–H groups in total. The van der Waals surface area contributed by atoms with E-state index in [1.165, 1.54) is 22.3 Å². The maximum atomic E-state index is 13.3. The second kappa shape index (κ2) is 17.1. The third-order valence-electron chi connectivity index (χ3n) is 7.78. The molecule has 2 aromatic heterocycles. The van der Waals surface area contributed by atoms with Crippen LogP contribution in [0.5, 0.6) is 5.75 Å². The molecule has 2 heterocycles. The number of aromatic amines is 1. The Labute approximate surface area is 289 Å². The lowest BCUT2D eigenvalue weighted by Gasteiger charge is -2.17. The van der Waals surface area contributed by atoms with Crippen molar-refractivity contribution in [3.05, 3.63) is 135 Å². The molecule has 10 heteroatoms. The van der Waals surface area contributed by atoms with Gasteiger partial charge in [0.15, 0.2) is 6.61 Å². The molecule has 0 radical (unpaired) electrons. The van der Waals surface area contributed by atoms with Crippen LogP contribution >= 0.6 is 11.3 Å². The minimum atomic E-state index is -1.22. The van der Waals surface area contributed by atoms with E-state index in [0.29, 0.717) is 31.6 Å². The number of carboxylic acid groups (broad SMARTS) is 1. The molecule has 0 unspecified atom stereocenters. The van der Waals surface area contributed by atoms with Crippen molar-refractivity contribution in [2.45, 2.75) is 52.2 Å². The minimum absolute atomic E-state index is 0.0467. The van der Waals surface area contributed by atoms with Crippen molar-refractivity contribution in [2.75, 3.05) is 6.61 Å². The summed E-state index contributed by atoms with van der Waals surface area (Å²) in [6, 6.07) is 25.7. The predicted octanol–water partition coefficient (Wildman–Crippen LogP) is 7.60. The van der Waals surface area contributed by atoms with Crippen LogP contribution in [-0.4, -0.2) is 39.5 Å². The molecule has 49 heavy (non-hydrogen) atoms. The maximum absolute atomic E-state index is 13.3. The fourth-order valence-corrected chi connectivity index (χ4v) is 6.21. The number of carboxylic acids is 1. The van der Waals surface area contributed by atoms with Gasteiger partial charge in [0.25, 0.3) is 0 Å². The van der Waals surface area contributed by atoms with E-state index in [9.17, 15) is 14.4 Å². The number of fused-ring (bicyclic) bond motifs is 1. The highest BCUT2D eigenvalue weighted by Gasteiger charge is 2.19. The Kier molecular flexibility index (Phi) is 12.1. The Morgan fingerprint density at radius 1 is 0.980 bits per heavy atom. The summed E-state index contributed by atoms with van der Waals surface area (Å²) in [4.78, 5) is 44.2. The molecule has 0 spiro atoms. The summed E-state index contributed by atoms with van der Waals surface area (Å²) in [5.74, 6) is -1.20.